The van der Waals surface area contributed by atoms with Gasteiger partial charge in [-0.2, -0.15) is 0 Å². The van der Waals surface area contributed by atoms with Gasteiger partial charge in [0.25, 0.3) is 5.69 Å². The van der Waals surface area contributed by atoms with Crippen LogP contribution in [0.2, 0.25) is 0 Å². The Hall–Kier alpha value is -2.50. The van der Waals surface area contributed by atoms with E-state index in [1.807, 2.05) is 0 Å². The van der Waals surface area contributed by atoms with Crippen LogP contribution in [0.25, 0.3) is 0 Å². The lowest BCUT2D eigenvalue weighted by Crippen LogP contribution is -2.04. The van der Waals surface area contributed by atoms with Crippen molar-refractivity contribution in [2.75, 3.05) is 5.32 Å². The SMILES string of the molecule is Cc1cccc(F)c1NCc1cc(F)cc([N+](=O)[O-])c1. The third kappa shape index (κ3) is 3.09. The molecule has 0 saturated carbocycles. The van der Waals surface area contributed by atoms with Crippen LogP contribution in [-0.2, 0) is 6.54 Å². The van der Waals surface area contributed by atoms with E-state index in [-0.39, 0.29) is 12.2 Å². The van der Waals surface area contributed by atoms with E-state index in [4.69, 9.17) is 0 Å². The van der Waals surface area contributed by atoms with Crippen molar-refractivity contribution in [2.24, 2.45) is 0 Å². The molecule has 0 aliphatic rings. The second kappa shape index (κ2) is 5.64. The highest BCUT2D eigenvalue weighted by Gasteiger charge is 2.11. The Bertz CT molecular complexity index is 639. The lowest BCUT2D eigenvalue weighted by molar-refractivity contribution is -0.385. The zero-order valence-corrected chi connectivity index (χ0v) is 10.7. The van der Waals surface area contributed by atoms with Crippen LogP contribution in [0.15, 0.2) is 36.4 Å². The van der Waals surface area contributed by atoms with Gasteiger partial charge in [0.1, 0.15) is 11.6 Å². The molecule has 4 nitrogen and oxygen atoms in total. The molecule has 0 amide bonds. The van der Waals surface area contributed by atoms with Gasteiger partial charge in [-0.25, -0.2) is 8.78 Å². The van der Waals surface area contributed by atoms with Gasteiger partial charge in [0.05, 0.1) is 16.7 Å². The van der Waals surface area contributed by atoms with Crippen LogP contribution < -0.4 is 5.32 Å². The minimum atomic E-state index is -0.693. The number of nitro groups is 1. The normalized spacial score (nSPS) is 10.3. The molecule has 0 atom stereocenters. The molecule has 2 aromatic rings. The van der Waals surface area contributed by atoms with Gasteiger partial charge in [-0.15, -0.1) is 0 Å². The van der Waals surface area contributed by atoms with Crippen LogP contribution in [0.4, 0.5) is 20.2 Å². The molecule has 6 heteroatoms. The third-order valence-electron chi connectivity index (χ3n) is 2.84. The van der Waals surface area contributed by atoms with E-state index < -0.39 is 16.6 Å². The second-order valence-corrected chi connectivity index (χ2v) is 4.36. The van der Waals surface area contributed by atoms with Gasteiger partial charge in [-0.3, -0.25) is 10.1 Å². The van der Waals surface area contributed by atoms with Gasteiger partial charge in [0, 0.05) is 12.6 Å². The van der Waals surface area contributed by atoms with Gasteiger partial charge in [-0.05, 0) is 30.2 Å². The fourth-order valence-electron chi connectivity index (χ4n) is 1.89. The van der Waals surface area contributed by atoms with Crippen LogP contribution in [0.3, 0.4) is 0 Å². The summed E-state index contributed by atoms with van der Waals surface area (Å²) in [6.45, 7) is 1.83. The molecule has 0 spiro atoms. The Labute approximate surface area is 114 Å². The highest BCUT2D eigenvalue weighted by atomic mass is 19.1. The van der Waals surface area contributed by atoms with E-state index in [1.54, 1.807) is 19.1 Å². The first-order valence-corrected chi connectivity index (χ1v) is 5.90. The third-order valence-corrected chi connectivity index (χ3v) is 2.84. The number of nitro benzene ring substituents is 1. The number of nitrogens with one attached hydrogen (secondary N) is 1. The average molecular weight is 278 g/mol. The number of anilines is 1. The van der Waals surface area contributed by atoms with E-state index in [1.165, 1.54) is 18.2 Å². The van der Waals surface area contributed by atoms with Crippen LogP contribution in [0.1, 0.15) is 11.1 Å². The van der Waals surface area contributed by atoms with Gasteiger partial charge < -0.3 is 5.32 Å². The molecule has 0 radical (unpaired) electrons. The number of aryl methyl sites for hydroxylation is 1. The number of nitrogens with zero attached hydrogens (tertiary/aromatic N) is 1. The molecule has 2 aromatic carbocycles. The van der Waals surface area contributed by atoms with Crippen molar-refractivity contribution >= 4 is 11.4 Å². The van der Waals surface area contributed by atoms with E-state index in [9.17, 15) is 18.9 Å². The Kier molecular flexibility index (Phi) is 3.93. The van der Waals surface area contributed by atoms with Gasteiger partial charge in [0.15, 0.2) is 0 Å². The highest BCUT2D eigenvalue weighted by Crippen LogP contribution is 2.21. The van der Waals surface area contributed by atoms with Crippen LogP contribution in [0, 0.1) is 28.7 Å². The van der Waals surface area contributed by atoms with Crippen LogP contribution in [0.5, 0.6) is 0 Å². The number of para-hydroxylation sites is 1. The van der Waals surface area contributed by atoms with Crippen molar-refractivity contribution < 1.29 is 13.7 Å². The fraction of sp³-hybridized carbons (Fsp3) is 0.143. The molecular formula is C14H12F2N2O2. The molecule has 20 heavy (non-hydrogen) atoms. The van der Waals surface area contributed by atoms with Crippen molar-refractivity contribution in [1.29, 1.82) is 0 Å². The number of halogens is 2. The minimum Gasteiger partial charge on any atom is -0.378 e. The smallest absolute Gasteiger partial charge is 0.272 e. The first-order valence-electron chi connectivity index (χ1n) is 5.90. The van der Waals surface area contributed by atoms with E-state index in [2.05, 4.69) is 5.32 Å². The van der Waals surface area contributed by atoms with Crippen LogP contribution in [-0.4, -0.2) is 4.92 Å². The topological polar surface area (TPSA) is 55.2 Å². The minimum absolute atomic E-state index is 0.0976. The predicted octanol–water partition coefficient (Wildman–Crippen LogP) is 3.79. The summed E-state index contributed by atoms with van der Waals surface area (Å²) in [5.41, 5.74) is 1.06. The largest absolute Gasteiger partial charge is 0.378 e. The van der Waals surface area contributed by atoms with E-state index in [0.29, 0.717) is 16.8 Å². The Morgan fingerprint density at radius 3 is 2.65 bits per heavy atom. The van der Waals surface area contributed by atoms with Crippen molar-refractivity contribution in [1.82, 2.24) is 0 Å². The van der Waals surface area contributed by atoms with Crippen molar-refractivity contribution in [2.45, 2.75) is 13.5 Å². The molecule has 0 unspecified atom stereocenters. The maximum absolute atomic E-state index is 13.6. The number of benzene rings is 2. The summed E-state index contributed by atoms with van der Waals surface area (Å²) in [5, 5.41) is 13.5. The summed E-state index contributed by atoms with van der Waals surface area (Å²) in [4.78, 5) is 9.98. The van der Waals surface area contributed by atoms with Gasteiger partial charge >= 0.3 is 0 Å². The summed E-state index contributed by atoms with van der Waals surface area (Å²) in [6.07, 6.45) is 0. The zero-order chi connectivity index (χ0) is 14.7. The molecule has 0 heterocycles. The maximum Gasteiger partial charge on any atom is 0.272 e. The van der Waals surface area contributed by atoms with Crippen molar-refractivity contribution in [3.8, 4) is 0 Å². The molecule has 0 aliphatic carbocycles. The molecule has 0 saturated heterocycles. The van der Waals surface area contributed by atoms with Gasteiger partial charge in [0.2, 0.25) is 0 Å². The average Bonchev–Trinajstić information content (AvgIpc) is 2.37. The number of non-ortho nitro benzene ring substituents is 1. The summed E-state index contributed by atoms with van der Waals surface area (Å²) in [5.74, 6) is -1.11. The molecular weight excluding hydrogens is 266 g/mol. The fourth-order valence-corrected chi connectivity index (χ4v) is 1.89. The molecule has 0 fully saturated rings. The standard InChI is InChI=1S/C14H12F2N2O2/c1-9-3-2-4-13(16)14(9)17-8-10-5-11(15)7-12(6-10)18(19)20/h2-7,17H,8H2,1H3. The Morgan fingerprint density at radius 1 is 1.25 bits per heavy atom. The van der Waals surface area contributed by atoms with Gasteiger partial charge in [-0.1, -0.05) is 12.1 Å². The number of hydrogen-bond donors (Lipinski definition) is 1. The summed E-state index contributed by atoms with van der Waals surface area (Å²) in [6, 6.07) is 7.91. The Morgan fingerprint density at radius 2 is 2.00 bits per heavy atom. The van der Waals surface area contributed by atoms with E-state index >= 15 is 0 Å². The zero-order valence-electron chi connectivity index (χ0n) is 10.7. The maximum atomic E-state index is 13.6. The lowest BCUT2D eigenvalue weighted by atomic mass is 10.1. The molecule has 0 aliphatic heterocycles. The Balaban J connectivity index is 2.21. The monoisotopic (exact) mass is 278 g/mol. The second-order valence-electron chi connectivity index (χ2n) is 4.36. The molecule has 0 bridgehead atoms. The summed E-state index contributed by atoms with van der Waals surface area (Å²) in [7, 11) is 0. The number of hydrogen-bond acceptors (Lipinski definition) is 3. The lowest BCUT2D eigenvalue weighted by Gasteiger charge is -2.10. The van der Waals surface area contributed by atoms with E-state index in [0.717, 1.165) is 6.07 Å². The molecule has 1 N–H and O–H groups in total. The highest BCUT2D eigenvalue weighted by molar-refractivity contribution is 5.52. The van der Waals surface area contributed by atoms with Crippen molar-refractivity contribution in [3.05, 3.63) is 69.3 Å². The molecule has 0 aromatic heterocycles. The molecule has 104 valence electrons. The first kappa shape index (κ1) is 13.9. The van der Waals surface area contributed by atoms with Crippen LogP contribution >= 0.6 is 0 Å². The summed E-state index contributed by atoms with van der Waals surface area (Å²) < 4.78 is 26.9. The number of rotatable bonds is 4. The molecule has 2 rings (SSSR count). The summed E-state index contributed by atoms with van der Waals surface area (Å²) >= 11 is 0. The first-order chi connectivity index (χ1) is 9.47. The quantitative estimate of drug-likeness (QED) is 0.683. The van der Waals surface area contributed by atoms with Crippen molar-refractivity contribution in [3.63, 3.8) is 0 Å². The predicted molar refractivity (Wildman–Crippen MR) is 71.5 cm³/mol.